The number of carbonyl (C=O) groups excluding carboxylic acids is 2. The van der Waals surface area contributed by atoms with Gasteiger partial charge in [-0.05, 0) is 32.9 Å². The fourth-order valence-electron chi connectivity index (χ4n) is 1.01. The molecule has 0 aromatic heterocycles. The van der Waals surface area contributed by atoms with Crippen molar-refractivity contribution in [3.63, 3.8) is 0 Å². The average molecular weight is 237 g/mol. The van der Waals surface area contributed by atoms with Crippen LogP contribution in [0.15, 0.2) is 30.3 Å². The second kappa shape index (κ2) is 5.34. The molecule has 2 amide bonds. The van der Waals surface area contributed by atoms with E-state index in [1.807, 2.05) is 5.32 Å². The van der Waals surface area contributed by atoms with Gasteiger partial charge in [-0.2, -0.15) is 0 Å². The van der Waals surface area contributed by atoms with E-state index in [1.54, 1.807) is 51.1 Å². The van der Waals surface area contributed by atoms with Crippen molar-refractivity contribution >= 4 is 12.2 Å². The number of carbonyl (C=O) groups is 2. The molecule has 17 heavy (non-hydrogen) atoms. The van der Waals surface area contributed by atoms with Crippen molar-refractivity contribution in [2.75, 3.05) is 0 Å². The first-order valence-corrected chi connectivity index (χ1v) is 5.14. The van der Waals surface area contributed by atoms with E-state index in [2.05, 4.69) is 0 Å². The minimum absolute atomic E-state index is 0.355. The molecule has 0 fully saturated rings. The summed E-state index contributed by atoms with van der Waals surface area (Å²) in [4.78, 5) is 22.5. The largest absolute Gasteiger partial charge is 0.443 e. The van der Waals surface area contributed by atoms with Gasteiger partial charge in [-0.15, -0.1) is 0 Å². The molecule has 0 radical (unpaired) electrons. The zero-order chi connectivity index (χ0) is 12.9. The number of hydrogen-bond acceptors (Lipinski definition) is 4. The molecule has 0 atom stereocenters. The SMILES string of the molecule is CC(C)(C)OC(=O)NC(=O)Oc1ccccc1. The molecular formula is C12H15NO4. The van der Waals surface area contributed by atoms with Crippen LogP contribution in [-0.4, -0.2) is 17.8 Å². The normalized spacial score (nSPS) is 10.5. The third-order valence-corrected chi connectivity index (χ3v) is 1.56. The van der Waals surface area contributed by atoms with Gasteiger partial charge in [0.05, 0.1) is 0 Å². The van der Waals surface area contributed by atoms with Gasteiger partial charge in [-0.3, -0.25) is 0 Å². The summed E-state index contributed by atoms with van der Waals surface area (Å²) in [5.41, 5.74) is -0.656. The van der Waals surface area contributed by atoms with E-state index < -0.39 is 17.8 Å². The lowest BCUT2D eigenvalue weighted by Gasteiger charge is -2.19. The van der Waals surface area contributed by atoms with Crippen molar-refractivity contribution in [2.45, 2.75) is 26.4 Å². The van der Waals surface area contributed by atoms with Crippen LogP contribution in [0, 0.1) is 0 Å². The van der Waals surface area contributed by atoms with Gasteiger partial charge in [-0.25, -0.2) is 14.9 Å². The molecule has 1 aromatic carbocycles. The Morgan fingerprint density at radius 1 is 1.06 bits per heavy atom. The summed E-state index contributed by atoms with van der Waals surface area (Å²) in [5.74, 6) is 0.355. The fraction of sp³-hybridized carbons (Fsp3) is 0.333. The van der Waals surface area contributed by atoms with Crippen LogP contribution < -0.4 is 10.1 Å². The molecule has 0 aliphatic carbocycles. The van der Waals surface area contributed by atoms with Gasteiger partial charge in [-0.1, -0.05) is 18.2 Å². The monoisotopic (exact) mass is 237 g/mol. The zero-order valence-electron chi connectivity index (χ0n) is 10.0. The van der Waals surface area contributed by atoms with Crippen LogP contribution in [0.5, 0.6) is 5.75 Å². The lowest BCUT2D eigenvalue weighted by Crippen LogP contribution is -2.37. The first kappa shape index (κ1) is 13.0. The predicted molar refractivity (Wildman–Crippen MR) is 61.8 cm³/mol. The van der Waals surface area contributed by atoms with E-state index in [0.717, 1.165) is 0 Å². The van der Waals surface area contributed by atoms with E-state index in [4.69, 9.17) is 9.47 Å². The predicted octanol–water partition coefficient (Wildman–Crippen LogP) is 2.71. The first-order valence-electron chi connectivity index (χ1n) is 5.14. The third-order valence-electron chi connectivity index (χ3n) is 1.56. The quantitative estimate of drug-likeness (QED) is 0.815. The zero-order valence-corrected chi connectivity index (χ0v) is 10.0. The molecule has 0 heterocycles. The van der Waals surface area contributed by atoms with Crippen molar-refractivity contribution in [1.82, 2.24) is 5.32 Å². The van der Waals surface area contributed by atoms with E-state index in [0.29, 0.717) is 5.75 Å². The lowest BCUT2D eigenvalue weighted by molar-refractivity contribution is 0.0533. The van der Waals surface area contributed by atoms with E-state index >= 15 is 0 Å². The molecule has 1 N–H and O–H groups in total. The molecule has 0 saturated carbocycles. The Labute approximate surface area is 99.7 Å². The molecule has 1 aromatic rings. The number of amides is 2. The van der Waals surface area contributed by atoms with Crippen LogP contribution in [-0.2, 0) is 4.74 Å². The Morgan fingerprint density at radius 2 is 1.65 bits per heavy atom. The summed E-state index contributed by atoms with van der Waals surface area (Å²) in [6.07, 6.45) is -1.70. The summed E-state index contributed by atoms with van der Waals surface area (Å²) in [6.45, 7) is 5.11. The Hall–Kier alpha value is -2.04. The van der Waals surface area contributed by atoms with E-state index in [1.165, 1.54) is 0 Å². The molecule has 5 nitrogen and oxygen atoms in total. The molecule has 0 saturated heterocycles. The fourth-order valence-corrected chi connectivity index (χ4v) is 1.01. The number of nitrogens with one attached hydrogen (secondary N) is 1. The van der Waals surface area contributed by atoms with Crippen LogP contribution in [0.4, 0.5) is 9.59 Å². The maximum absolute atomic E-state index is 11.3. The van der Waals surface area contributed by atoms with Crippen molar-refractivity contribution < 1.29 is 19.1 Å². The van der Waals surface area contributed by atoms with Gasteiger partial charge in [0.2, 0.25) is 0 Å². The summed E-state index contributed by atoms with van der Waals surface area (Å²) in [5, 5.41) is 1.96. The molecule has 1 rings (SSSR count). The van der Waals surface area contributed by atoms with Gasteiger partial charge in [0.1, 0.15) is 11.4 Å². The second-order valence-electron chi connectivity index (χ2n) is 4.33. The number of para-hydroxylation sites is 1. The molecule has 0 aliphatic heterocycles. The molecule has 92 valence electrons. The van der Waals surface area contributed by atoms with Gasteiger partial charge >= 0.3 is 12.2 Å². The number of benzene rings is 1. The van der Waals surface area contributed by atoms with Crippen LogP contribution in [0.2, 0.25) is 0 Å². The highest BCUT2D eigenvalue weighted by molar-refractivity contribution is 5.88. The summed E-state index contributed by atoms with van der Waals surface area (Å²) < 4.78 is 9.74. The van der Waals surface area contributed by atoms with Gasteiger partial charge < -0.3 is 9.47 Å². The topological polar surface area (TPSA) is 64.6 Å². The Kier molecular flexibility index (Phi) is 4.09. The number of rotatable bonds is 1. The van der Waals surface area contributed by atoms with Gasteiger partial charge in [0.25, 0.3) is 0 Å². The summed E-state index contributed by atoms with van der Waals surface area (Å²) in [6, 6.07) is 8.44. The van der Waals surface area contributed by atoms with E-state index in [-0.39, 0.29) is 0 Å². The molecule has 0 unspecified atom stereocenters. The van der Waals surface area contributed by atoms with Crippen molar-refractivity contribution in [3.05, 3.63) is 30.3 Å². The highest BCUT2D eigenvalue weighted by Gasteiger charge is 2.18. The minimum Gasteiger partial charge on any atom is -0.443 e. The first-order chi connectivity index (χ1) is 7.87. The summed E-state index contributed by atoms with van der Waals surface area (Å²) in [7, 11) is 0. The highest BCUT2D eigenvalue weighted by atomic mass is 16.6. The van der Waals surface area contributed by atoms with Crippen LogP contribution in [0.25, 0.3) is 0 Å². The Morgan fingerprint density at radius 3 is 2.18 bits per heavy atom. The smallest absolute Gasteiger partial charge is 0.422 e. The average Bonchev–Trinajstić information content (AvgIpc) is 2.15. The minimum atomic E-state index is -0.870. The van der Waals surface area contributed by atoms with Crippen molar-refractivity contribution in [3.8, 4) is 5.75 Å². The number of alkyl carbamates (subject to hydrolysis) is 1. The summed E-state index contributed by atoms with van der Waals surface area (Å²) >= 11 is 0. The van der Waals surface area contributed by atoms with E-state index in [9.17, 15) is 9.59 Å². The van der Waals surface area contributed by atoms with Crippen molar-refractivity contribution in [2.24, 2.45) is 0 Å². The Balaban J connectivity index is 2.43. The van der Waals surface area contributed by atoms with Crippen LogP contribution in [0.3, 0.4) is 0 Å². The second-order valence-corrected chi connectivity index (χ2v) is 4.33. The third kappa shape index (κ3) is 5.55. The van der Waals surface area contributed by atoms with Crippen molar-refractivity contribution in [1.29, 1.82) is 0 Å². The number of hydrogen-bond donors (Lipinski definition) is 1. The standard InChI is InChI=1S/C12H15NO4/c1-12(2,3)17-11(15)13-10(14)16-9-7-5-4-6-8-9/h4-8H,1-3H3,(H,13,14,15). The van der Waals surface area contributed by atoms with Gasteiger partial charge in [0, 0.05) is 0 Å². The lowest BCUT2D eigenvalue weighted by atomic mass is 10.2. The molecular weight excluding hydrogens is 222 g/mol. The maximum Gasteiger partial charge on any atom is 0.422 e. The van der Waals surface area contributed by atoms with Crippen LogP contribution in [0.1, 0.15) is 20.8 Å². The molecule has 5 heteroatoms. The maximum atomic E-state index is 11.3. The number of ether oxygens (including phenoxy) is 2. The molecule has 0 aliphatic rings. The molecule has 0 spiro atoms. The van der Waals surface area contributed by atoms with Crippen LogP contribution >= 0.6 is 0 Å². The Bertz CT molecular complexity index is 395. The molecule has 0 bridgehead atoms. The van der Waals surface area contributed by atoms with Gasteiger partial charge in [0.15, 0.2) is 0 Å². The highest BCUT2D eigenvalue weighted by Crippen LogP contribution is 2.09. The number of imide groups is 1.